The molecule has 0 aliphatic carbocycles. The molecule has 3 heterocycles. The van der Waals surface area contributed by atoms with Gasteiger partial charge in [0.15, 0.2) is 11.9 Å². The van der Waals surface area contributed by atoms with Gasteiger partial charge in [-0.15, -0.1) is 0 Å². The number of rotatable bonds is 3. The van der Waals surface area contributed by atoms with Crippen molar-refractivity contribution in [2.24, 2.45) is 0 Å². The number of anilines is 1. The molecule has 3 aromatic rings. The first-order valence-corrected chi connectivity index (χ1v) is 9.36. The van der Waals surface area contributed by atoms with Gasteiger partial charge in [-0.05, 0) is 45.0 Å². The summed E-state index contributed by atoms with van der Waals surface area (Å²) in [4.78, 5) is 20.4. The molecule has 0 atom stereocenters. The van der Waals surface area contributed by atoms with Crippen LogP contribution in [0.15, 0.2) is 42.6 Å². The highest BCUT2D eigenvalue weighted by molar-refractivity contribution is 5.73. The summed E-state index contributed by atoms with van der Waals surface area (Å²) in [5.74, 6) is 0. The number of hydrogen-bond acceptors (Lipinski definition) is 5. The molecule has 1 aliphatic heterocycles. The molecule has 1 aliphatic rings. The predicted molar refractivity (Wildman–Crippen MR) is 107 cm³/mol. The number of piperazine rings is 1. The fraction of sp³-hybridized carbons (Fsp3) is 0.381. The lowest BCUT2D eigenvalue weighted by atomic mass is 10.0. The second kappa shape index (κ2) is 6.78. The van der Waals surface area contributed by atoms with Gasteiger partial charge in [0.1, 0.15) is 5.69 Å². The molecule has 1 fully saturated rings. The number of fused-ring (bicyclic) bond motifs is 1. The standard InChI is InChI=1S/C21H25N5O/c1-21(2,3)25-12-10-24(11-13-25)18-7-4-16(5-8-18)19-14-22-20-9-6-17(15-27)23-26(19)20/h4-9,14-15H,10-13H2,1-3H3. The third kappa shape index (κ3) is 3.45. The van der Waals surface area contributed by atoms with Crippen molar-refractivity contribution in [2.75, 3.05) is 31.1 Å². The average Bonchev–Trinajstić information content (AvgIpc) is 3.10. The van der Waals surface area contributed by atoms with Gasteiger partial charge in [-0.3, -0.25) is 9.69 Å². The third-order valence-corrected chi connectivity index (χ3v) is 5.26. The van der Waals surface area contributed by atoms with Crippen LogP contribution < -0.4 is 4.90 Å². The molecule has 0 bridgehead atoms. The van der Waals surface area contributed by atoms with Crippen molar-refractivity contribution in [3.63, 3.8) is 0 Å². The molecular formula is C21H25N5O. The van der Waals surface area contributed by atoms with Gasteiger partial charge in [0, 0.05) is 43.0 Å². The minimum atomic E-state index is 0.229. The lowest BCUT2D eigenvalue weighted by Crippen LogP contribution is -2.53. The van der Waals surface area contributed by atoms with E-state index in [0.29, 0.717) is 5.69 Å². The van der Waals surface area contributed by atoms with E-state index in [-0.39, 0.29) is 5.54 Å². The van der Waals surface area contributed by atoms with Crippen molar-refractivity contribution in [3.05, 3.63) is 48.3 Å². The van der Waals surface area contributed by atoms with Crippen LogP contribution in [0.1, 0.15) is 31.3 Å². The molecule has 6 heteroatoms. The molecule has 1 aromatic carbocycles. The van der Waals surface area contributed by atoms with E-state index >= 15 is 0 Å². The van der Waals surface area contributed by atoms with Crippen LogP contribution in [0.4, 0.5) is 5.69 Å². The quantitative estimate of drug-likeness (QED) is 0.669. The first kappa shape index (κ1) is 17.7. The topological polar surface area (TPSA) is 53.7 Å². The summed E-state index contributed by atoms with van der Waals surface area (Å²) in [5, 5.41) is 4.34. The fourth-order valence-electron chi connectivity index (χ4n) is 3.63. The molecule has 0 radical (unpaired) electrons. The Balaban J connectivity index is 1.54. The van der Waals surface area contributed by atoms with Crippen molar-refractivity contribution in [3.8, 4) is 11.3 Å². The minimum absolute atomic E-state index is 0.229. The number of nitrogens with zero attached hydrogens (tertiary/aromatic N) is 5. The molecular weight excluding hydrogens is 338 g/mol. The lowest BCUT2D eigenvalue weighted by Gasteiger charge is -2.43. The molecule has 0 amide bonds. The summed E-state index contributed by atoms with van der Waals surface area (Å²) in [5.41, 5.74) is 4.52. The van der Waals surface area contributed by atoms with Gasteiger partial charge in [0.2, 0.25) is 0 Å². The molecule has 140 valence electrons. The van der Waals surface area contributed by atoms with E-state index in [2.05, 4.69) is 64.9 Å². The molecule has 0 spiro atoms. The Hall–Kier alpha value is -2.73. The first-order chi connectivity index (χ1) is 13.0. The molecule has 6 nitrogen and oxygen atoms in total. The number of aromatic nitrogens is 3. The van der Waals surface area contributed by atoms with Gasteiger partial charge in [-0.2, -0.15) is 5.10 Å². The largest absolute Gasteiger partial charge is 0.369 e. The van der Waals surface area contributed by atoms with Crippen LogP contribution in [0.3, 0.4) is 0 Å². The van der Waals surface area contributed by atoms with Crippen LogP contribution in [0, 0.1) is 0 Å². The van der Waals surface area contributed by atoms with Crippen molar-refractivity contribution in [1.29, 1.82) is 0 Å². The molecule has 4 rings (SSSR count). The Morgan fingerprint density at radius 2 is 1.67 bits per heavy atom. The van der Waals surface area contributed by atoms with Gasteiger partial charge in [0.25, 0.3) is 0 Å². The SMILES string of the molecule is CC(C)(C)N1CCN(c2ccc(-c3cnc4ccc(C=O)nn34)cc2)CC1. The van der Waals surface area contributed by atoms with Crippen LogP contribution in [-0.2, 0) is 0 Å². The molecule has 0 N–H and O–H groups in total. The van der Waals surface area contributed by atoms with Crippen molar-refractivity contribution >= 4 is 17.6 Å². The van der Waals surface area contributed by atoms with Gasteiger partial charge < -0.3 is 4.90 Å². The van der Waals surface area contributed by atoms with Crippen LogP contribution in [0.5, 0.6) is 0 Å². The Morgan fingerprint density at radius 3 is 2.30 bits per heavy atom. The first-order valence-electron chi connectivity index (χ1n) is 9.36. The van der Waals surface area contributed by atoms with E-state index in [1.807, 2.05) is 6.07 Å². The zero-order valence-electron chi connectivity index (χ0n) is 16.1. The third-order valence-electron chi connectivity index (χ3n) is 5.26. The van der Waals surface area contributed by atoms with E-state index in [0.717, 1.165) is 49.4 Å². The molecule has 27 heavy (non-hydrogen) atoms. The molecule has 1 saturated heterocycles. The van der Waals surface area contributed by atoms with Crippen LogP contribution in [-0.4, -0.2) is 57.5 Å². The summed E-state index contributed by atoms with van der Waals surface area (Å²) in [6.07, 6.45) is 2.55. The average molecular weight is 363 g/mol. The van der Waals surface area contributed by atoms with Gasteiger partial charge in [0.05, 0.1) is 11.9 Å². The molecule has 2 aromatic heterocycles. The van der Waals surface area contributed by atoms with E-state index in [9.17, 15) is 4.79 Å². The number of aldehydes is 1. The lowest BCUT2D eigenvalue weighted by molar-refractivity contribution is 0.111. The Labute approximate surface area is 159 Å². The van der Waals surface area contributed by atoms with Crippen LogP contribution >= 0.6 is 0 Å². The summed E-state index contributed by atoms with van der Waals surface area (Å²) in [6, 6.07) is 12.0. The maximum absolute atomic E-state index is 11.0. The highest BCUT2D eigenvalue weighted by atomic mass is 16.1. The summed E-state index contributed by atoms with van der Waals surface area (Å²) < 4.78 is 1.72. The normalized spacial score (nSPS) is 16.0. The number of benzene rings is 1. The van der Waals surface area contributed by atoms with Gasteiger partial charge in [-0.1, -0.05) is 12.1 Å². The Morgan fingerprint density at radius 1 is 0.963 bits per heavy atom. The zero-order chi connectivity index (χ0) is 19.0. The monoisotopic (exact) mass is 363 g/mol. The van der Waals surface area contributed by atoms with Crippen LogP contribution in [0.25, 0.3) is 16.9 Å². The van der Waals surface area contributed by atoms with Crippen LogP contribution in [0.2, 0.25) is 0 Å². The van der Waals surface area contributed by atoms with Gasteiger partial charge >= 0.3 is 0 Å². The Bertz CT molecular complexity index is 947. The number of carbonyl (C=O) groups is 1. The van der Waals surface area contributed by atoms with Crippen molar-refractivity contribution in [1.82, 2.24) is 19.5 Å². The maximum Gasteiger partial charge on any atom is 0.170 e. The predicted octanol–water partition coefficient (Wildman–Crippen LogP) is 3.13. The Kier molecular flexibility index (Phi) is 4.44. The second-order valence-electron chi connectivity index (χ2n) is 7.98. The van der Waals surface area contributed by atoms with E-state index < -0.39 is 0 Å². The summed E-state index contributed by atoms with van der Waals surface area (Å²) in [6.45, 7) is 11.1. The highest BCUT2D eigenvalue weighted by Crippen LogP contribution is 2.25. The number of imidazole rings is 1. The van der Waals surface area contributed by atoms with Gasteiger partial charge in [-0.25, -0.2) is 9.50 Å². The zero-order valence-corrected chi connectivity index (χ0v) is 16.1. The van der Waals surface area contributed by atoms with E-state index in [1.54, 1.807) is 16.8 Å². The fourth-order valence-corrected chi connectivity index (χ4v) is 3.63. The minimum Gasteiger partial charge on any atom is -0.369 e. The summed E-state index contributed by atoms with van der Waals surface area (Å²) >= 11 is 0. The van der Waals surface area contributed by atoms with E-state index in [4.69, 9.17) is 0 Å². The van der Waals surface area contributed by atoms with Crippen molar-refractivity contribution in [2.45, 2.75) is 26.3 Å². The number of carbonyl (C=O) groups excluding carboxylic acids is 1. The second-order valence-corrected chi connectivity index (χ2v) is 7.98. The van der Waals surface area contributed by atoms with E-state index in [1.165, 1.54) is 5.69 Å². The maximum atomic E-state index is 11.0. The summed E-state index contributed by atoms with van der Waals surface area (Å²) in [7, 11) is 0. The molecule has 0 saturated carbocycles. The smallest absolute Gasteiger partial charge is 0.170 e. The molecule has 0 unspecified atom stereocenters. The van der Waals surface area contributed by atoms with Crippen molar-refractivity contribution < 1.29 is 4.79 Å². The highest BCUT2D eigenvalue weighted by Gasteiger charge is 2.25. The number of hydrogen-bond donors (Lipinski definition) is 0.